The maximum atomic E-state index is 14.3. The Balaban J connectivity index is 1.38. The van der Waals surface area contributed by atoms with E-state index in [1.54, 1.807) is 17.2 Å². The van der Waals surface area contributed by atoms with Crippen LogP contribution in [0.2, 0.25) is 0 Å². The molecule has 1 saturated heterocycles. The average molecular weight is 559 g/mol. The maximum absolute atomic E-state index is 14.3. The number of rotatable bonds is 6. The van der Waals surface area contributed by atoms with E-state index in [0.29, 0.717) is 30.8 Å². The number of carbonyl (C=O) groups excluding carboxylic acids is 1. The highest BCUT2D eigenvalue weighted by atomic mass is 19.2. The van der Waals surface area contributed by atoms with Gasteiger partial charge in [-0.05, 0) is 49.5 Å². The lowest BCUT2D eigenvalue weighted by atomic mass is 9.96. The van der Waals surface area contributed by atoms with Crippen molar-refractivity contribution >= 4 is 23.3 Å². The number of amidine groups is 1. The van der Waals surface area contributed by atoms with Crippen molar-refractivity contribution in [2.24, 2.45) is 21.8 Å². The summed E-state index contributed by atoms with van der Waals surface area (Å²) in [5.74, 6) is -0.219. The van der Waals surface area contributed by atoms with Gasteiger partial charge in [0.2, 0.25) is 5.96 Å². The zero-order valence-corrected chi connectivity index (χ0v) is 23.8. The van der Waals surface area contributed by atoms with Gasteiger partial charge in [-0.1, -0.05) is 50.3 Å². The van der Waals surface area contributed by atoms with Crippen molar-refractivity contribution in [2.45, 2.75) is 58.3 Å². The summed E-state index contributed by atoms with van der Waals surface area (Å²) in [4.78, 5) is 34.7. The number of carbonyl (C=O) groups is 1. The van der Waals surface area contributed by atoms with Gasteiger partial charge in [-0.15, -0.1) is 0 Å². The fourth-order valence-electron chi connectivity index (χ4n) is 6.25. The molecule has 1 amide bonds. The monoisotopic (exact) mass is 558 g/mol. The summed E-state index contributed by atoms with van der Waals surface area (Å²) in [6.45, 7) is 7.89. The molecule has 9 heteroatoms. The first-order valence-electron chi connectivity index (χ1n) is 14.6. The van der Waals surface area contributed by atoms with Crippen LogP contribution in [0, 0.1) is 11.8 Å². The molecule has 1 aromatic rings. The molecule has 214 valence electrons. The Morgan fingerprint density at radius 2 is 1.98 bits per heavy atom. The number of hydrogen-bond donors (Lipinski definition) is 0. The van der Waals surface area contributed by atoms with Gasteiger partial charge in [0.05, 0.1) is 11.7 Å². The van der Waals surface area contributed by atoms with E-state index in [4.69, 9.17) is 15.0 Å². The highest BCUT2D eigenvalue weighted by molar-refractivity contribution is 6.09. The third-order valence-electron chi connectivity index (χ3n) is 8.47. The van der Waals surface area contributed by atoms with Gasteiger partial charge < -0.3 is 9.80 Å². The Bertz CT molecular complexity index is 1420. The van der Waals surface area contributed by atoms with Crippen molar-refractivity contribution in [3.05, 3.63) is 83.8 Å². The van der Waals surface area contributed by atoms with Crippen LogP contribution in [0.25, 0.3) is 5.57 Å². The number of amides is 1. The minimum atomic E-state index is -0.817. The van der Waals surface area contributed by atoms with Crippen molar-refractivity contribution in [2.75, 3.05) is 19.6 Å². The molecule has 2 aliphatic carbocycles. The van der Waals surface area contributed by atoms with E-state index in [-0.39, 0.29) is 24.3 Å². The van der Waals surface area contributed by atoms with Crippen molar-refractivity contribution in [1.29, 1.82) is 0 Å². The molecule has 1 fully saturated rings. The minimum absolute atomic E-state index is 0.0272. The topological polar surface area (TPSA) is 64.4 Å². The molecule has 7 nitrogen and oxygen atoms in total. The first-order valence-corrected chi connectivity index (χ1v) is 14.6. The lowest BCUT2D eigenvalue weighted by Crippen LogP contribution is -2.68. The van der Waals surface area contributed by atoms with Crippen LogP contribution in [0.4, 0.5) is 8.78 Å². The van der Waals surface area contributed by atoms with Gasteiger partial charge in [0.25, 0.3) is 5.91 Å². The number of nitrogens with zero attached hydrogens (tertiary/aromatic N) is 6. The number of aliphatic imine (C=N–C) groups is 2. The number of likely N-dealkylation sites (N-methyl/N-ethyl adjacent to an activating group) is 1. The lowest BCUT2D eigenvalue weighted by Gasteiger charge is -2.49. The fourth-order valence-corrected chi connectivity index (χ4v) is 6.25. The van der Waals surface area contributed by atoms with E-state index in [2.05, 4.69) is 35.8 Å². The molecule has 4 heterocycles. The van der Waals surface area contributed by atoms with Crippen LogP contribution in [0.15, 0.2) is 82.5 Å². The normalized spacial score (nSPS) is 27.6. The van der Waals surface area contributed by atoms with Gasteiger partial charge in [0.15, 0.2) is 11.9 Å². The highest BCUT2D eigenvalue weighted by Crippen LogP contribution is 2.36. The van der Waals surface area contributed by atoms with Gasteiger partial charge in [0.1, 0.15) is 17.8 Å². The van der Waals surface area contributed by atoms with E-state index >= 15 is 0 Å². The highest BCUT2D eigenvalue weighted by Gasteiger charge is 2.53. The molecule has 0 aromatic carbocycles. The Morgan fingerprint density at radius 1 is 1.12 bits per heavy atom. The predicted molar refractivity (Wildman–Crippen MR) is 157 cm³/mol. The van der Waals surface area contributed by atoms with Gasteiger partial charge in [-0.3, -0.25) is 19.7 Å². The van der Waals surface area contributed by atoms with Crippen molar-refractivity contribution in [3.63, 3.8) is 0 Å². The second kappa shape index (κ2) is 11.2. The smallest absolute Gasteiger partial charge is 0.258 e. The molecule has 0 radical (unpaired) electrons. The Morgan fingerprint density at radius 3 is 2.71 bits per heavy atom. The van der Waals surface area contributed by atoms with E-state index in [9.17, 15) is 13.6 Å². The molecular formula is C32H36F2N6O. The first-order chi connectivity index (χ1) is 19.9. The second-order valence-electron chi connectivity index (χ2n) is 11.5. The van der Waals surface area contributed by atoms with Crippen molar-refractivity contribution < 1.29 is 13.6 Å². The number of allylic oxidation sites excluding steroid dienone is 9. The Hall–Kier alpha value is -3.88. The molecule has 0 bridgehead atoms. The lowest BCUT2D eigenvalue weighted by molar-refractivity contribution is -0.134. The summed E-state index contributed by atoms with van der Waals surface area (Å²) in [5.41, 5.74) is 2.68. The SMILES string of the molecule is CCN1C(=O)C2N=C(c3ccc(C4=CCC=CC=C4)nc3)N(CC3C=CC(F)=C(F)C3)C2N2CCC(C(C)C)N=C12. The molecule has 4 atom stereocenters. The number of hydrogen-bond acceptors (Lipinski definition) is 6. The zero-order valence-electron chi connectivity index (χ0n) is 23.8. The molecule has 4 unspecified atom stereocenters. The number of halogens is 2. The molecule has 0 N–H and O–H groups in total. The summed E-state index contributed by atoms with van der Waals surface area (Å²) < 4.78 is 28.2. The minimum Gasteiger partial charge on any atom is -0.333 e. The molecule has 1 aromatic heterocycles. The Labute approximate surface area is 240 Å². The van der Waals surface area contributed by atoms with Crippen LogP contribution in [0.1, 0.15) is 51.3 Å². The van der Waals surface area contributed by atoms with Crippen molar-refractivity contribution in [1.82, 2.24) is 19.7 Å². The Kier molecular flexibility index (Phi) is 7.45. The quantitative estimate of drug-likeness (QED) is 0.468. The number of pyridine rings is 1. The summed E-state index contributed by atoms with van der Waals surface area (Å²) in [7, 11) is 0. The maximum Gasteiger partial charge on any atom is 0.258 e. The van der Waals surface area contributed by atoms with Crippen LogP contribution in [-0.4, -0.2) is 75.3 Å². The molecule has 0 saturated carbocycles. The second-order valence-corrected chi connectivity index (χ2v) is 11.5. The van der Waals surface area contributed by atoms with E-state index in [1.807, 2.05) is 37.3 Å². The van der Waals surface area contributed by atoms with E-state index in [1.165, 1.54) is 6.08 Å². The summed E-state index contributed by atoms with van der Waals surface area (Å²) in [6.07, 6.45) is 16.3. The fraction of sp³-hybridized carbons (Fsp3) is 0.438. The molecule has 5 aliphatic rings. The third-order valence-corrected chi connectivity index (χ3v) is 8.47. The van der Waals surface area contributed by atoms with Crippen LogP contribution in [-0.2, 0) is 4.79 Å². The van der Waals surface area contributed by atoms with Crippen molar-refractivity contribution in [3.8, 4) is 0 Å². The van der Waals surface area contributed by atoms with Crippen LogP contribution >= 0.6 is 0 Å². The van der Waals surface area contributed by atoms with Gasteiger partial charge in [-0.25, -0.2) is 13.8 Å². The van der Waals surface area contributed by atoms with Gasteiger partial charge in [0, 0.05) is 43.7 Å². The molecular weight excluding hydrogens is 522 g/mol. The van der Waals surface area contributed by atoms with Gasteiger partial charge in [-0.2, -0.15) is 0 Å². The largest absolute Gasteiger partial charge is 0.333 e. The molecule has 6 rings (SSSR count). The molecule has 0 spiro atoms. The van der Waals surface area contributed by atoms with E-state index in [0.717, 1.165) is 36.2 Å². The number of aromatic nitrogens is 1. The van der Waals surface area contributed by atoms with Gasteiger partial charge >= 0.3 is 0 Å². The predicted octanol–water partition coefficient (Wildman–Crippen LogP) is 5.41. The number of guanidine groups is 1. The number of fused-ring (bicyclic) bond motifs is 3. The molecule has 41 heavy (non-hydrogen) atoms. The summed E-state index contributed by atoms with van der Waals surface area (Å²) in [6, 6.07) is 3.44. The average Bonchev–Trinajstić information content (AvgIpc) is 3.14. The molecule has 3 aliphatic heterocycles. The summed E-state index contributed by atoms with van der Waals surface area (Å²) in [5, 5.41) is 0. The van der Waals surface area contributed by atoms with Crippen LogP contribution in [0.5, 0.6) is 0 Å². The first kappa shape index (κ1) is 27.3. The summed E-state index contributed by atoms with van der Waals surface area (Å²) >= 11 is 0. The van der Waals surface area contributed by atoms with E-state index < -0.39 is 23.9 Å². The van der Waals surface area contributed by atoms with Crippen LogP contribution < -0.4 is 0 Å². The third kappa shape index (κ3) is 5.06. The van der Waals surface area contributed by atoms with Crippen LogP contribution in [0.3, 0.4) is 0 Å². The zero-order chi connectivity index (χ0) is 28.7. The standard InChI is InChI=1S/C32H36F2N6O/c1-4-38-31(41)28-30(39-16-15-26(20(2)3)36-32(38)39)40(19-21-11-13-24(33)25(34)17-21)29(37-28)23-12-14-27(35-18-23)22-9-7-5-6-8-10-22/h5-7,9-14,18,20-21,26,28,30H,4,8,15-17,19H2,1-3H3.